The molecular weight excluding hydrogens is 388 g/mol. The summed E-state index contributed by atoms with van der Waals surface area (Å²) in [6.45, 7) is 6.80. The molecule has 0 bridgehead atoms. The van der Waals surface area contributed by atoms with Crippen LogP contribution in [0.25, 0.3) is 11.1 Å². The number of carbonyl (C=O) groups is 1. The van der Waals surface area contributed by atoms with Gasteiger partial charge < -0.3 is 0 Å². The molecule has 2 aromatic rings. The summed E-state index contributed by atoms with van der Waals surface area (Å²) in [4.78, 5) is 12.6. The fourth-order valence-electron chi connectivity index (χ4n) is 5.29. The lowest BCUT2D eigenvalue weighted by molar-refractivity contribution is 0.0979. The summed E-state index contributed by atoms with van der Waals surface area (Å²) in [5.74, 6) is 1.22. The summed E-state index contributed by atoms with van der Waals surface area (Å²) in [6.07, 6.45) is 17.1. The zero-order valence-electron chi connectivity index (χ0n) is 20.8. The summed E-state index contributed by atoms with van der Waals surface area (Å²) in [7, 11) is 0. The van der Waals surface area contributed by atoms with Gasteiger partial charge in [0, 0.05) is 12.0 Å². The van der Waals surface area contributed by atoms with Gasteiger partial charge in [-0.25, -0.2) is 0 Å². The van der Waals surface area contributed by atoms with E-state index in [0.717, 1.165) is 37.2 Å². The van der Waals surface area contributed by atoms with E-state index < -0.39 is 0 Å². The van der Waals surface area contributed by atoms with Gasteiger partial charge in [-0.15, -0.1) is 0 Å². The van der Waals surface area contributed by atoms with Crippen LogP contribution in [0.1, 0.15) is 125 Å². The molecule has 3 rings (SSSR count). The molecular formula is C31H44O. The minimum absolute atomic E-state index is 0.304. The van der Waals surface area contributed by atoms with Crippen LogP contribution in [-0.4, -0.2) is 5.78 Å². The highest BCUT2D eigenvalue weighted by molar-refractivity contribution is 5.97. The molecule has 0 atom stereocenters. The van der Waals surface area contributed by atoms with Crippen molar-refractivity contribution in [3.8, 4) is 11.1 Å². The first kappa shape index (κ1) is 24.7. The van der Waals surface area contributed by atoms with Gasteiger partial charge in [0.1, 0.15) is 0 Å². The van der Waals surface area contributed by atoms with Crippen LogP contribution in [0.2, 0.25) is 0 Å². The van der Waals surface area contributed by atoms with E-state index in [2.05, 4.69) is 51.1 Å². The van der Waals surface area contributed by atoms with Gasteiger partial charge in [0.15, 0.2) is 5.78 Å². The SMILES string of the molecule is CCCCCC(=O)c1ccc2c(c1)Cc1cc(CCCC(CCCC)CCCC)ccc1-2. The maximum atomic E-state index is 12.6. The van der Waals surface area contributed by atoms with E-state index in [0.29, 0.717) is 12.2 Å². The lowest BCUT2D eigenvalue weighted by Gasteiger charge is -2.16. The smallest absolute Gasteiger partial charge is 0.162 e. The Hall–Kier alpha value is -1.89. The van der Waals surface area contributed by atoms with Gasteiger partial charge in [-0.1, -0.05) is 109 Å². The fraction of sp³-hybridized carbons (Fsp3) is 0.581. The first-order chi connectivity index (χ1) is 15.7. The summed E-state index contributed by atoms with van der Waals surface area (Å²) in [6, 6.07) is 13.5. The highest BCUT2D eigenvalue weighted by atomic mass is 16.1. The van der Waals surface area contributed by atoms with E-state index >= 15 is 0 Å². The summed E-state index contributed by atoms with van der Waals surface area (Å²) in [5, 5.41) is 0. The molecule has 0 heterocycles. The van der Waals surface area contributed by atoms with Crippen LogP contribution in [0.4, 0.5) is 0 Å². The second-order valence-electron chi connectivity index (χ2n) is 9.96. The fourth-order valence-corrected chi connectivity index (χ4v) is 5.29. The first-order valence-corrected chi connectivity index (χ1v) is 13.4. The van der Waals surface area contributed by atoms with E-state index in [1.165, 1.54) is 85.6 Å². The van der Waals surface area contributed by atoms with Crippen LogP contribution in [0.15, 0.2) is 36.4 Å². The second-order valence-corrected chi connectivity index (χ2v) is 9.96. The molecule has 0 saturated heterocycles. The van der Waals surface area contributed by atoms with E-state index in [1.54, 1.807) is 0 Å². The lowest BCUT2D eigenvalue weighted by atomic mass is 9.90. The Morgan fingerprint density at radius 2 is 1.38 bits per heavy atom. The number of rotatable bonds is 15. The third kappa shape index (κ3) is 6.80. The minimum Gasteiger partial charge on any atom is -0.294 e. The maximum Gasteiger partial charge on any atom is 0.162 e. The Labute approximate surface area is 197 Å². The van der Waals surface area contributed by atoms with Crippen molar-refractivity contribution >= 4 is 5.78 Å². The third-order valence-electron chi connectivity index (χ3n) is 7.29. The standard InChI is InChI=1S/C31H44O/c1-4-7-10-16-31(32)26-18-20-30-28(22-26)23-27-21-25(17-19-29(27)30)15-11-14-24(12-8-5-2)13-9-6-3/h17-22,24H,4-16,23H2,1-3H3. The van der Waals surface area contributed by atoms with Crippen molar-refractivity contribution in [1.82, 2.24) is 0 Å². The number of hydrogen-bond acceptors (Lipinski definition) is 1. The van der Waals surface area contributed by atoms with Gasteiger partial charge in [0.2, 0.25) is 0 Å². The van der Waals surface area contributed by atoms with E-state index in [9.17, 15) is 4.79 Å². The van der Waals surface area contributed by atoms with Gasteiger partial charge in [0.25, 0.3) is 0 Å². The van der Waals surface area contributed by atoms with Crippen molar-refractivity contribution in [3.63, 3.8) is 0 Å². The maximum absolute atomic E-state index is 12.6. The Morgan fingerprint density at radius 1 is 0.750 bits per heavy atom. The summed E-state index contributed by atoms with van der Waals surface area (Å²) < 4.78 is 0. The molecule has 0 amide bonds. The minimum atomic E-state index is 0.304. The van der Waals surface area contributed by atoms with Crippen LogP contribution in [0, 0.1) is 5.92 Å². The average Bonchev–Trinajstić information content (AvgIpc) is 3.17. The molecule has 1 nitrogen and oxygen atoms in total. The molecule has 1 aliphatic carbocycles. The molecule has 174 valence electrons. The van der Waals surface area contributed by atoms with E-state index in [4.69, 9.17) is 0 Å². The van der Waals surface area contributed by atoms with Crippen molar-refractivity contribution in [2.45, 2.75) is 111 Å². The zero-order chi connectivity index (χ0) is 22.8. The molecule has 2 aromatic carbocycles. The molecule has 0 aromatic heterocycles. The van der Waals surface area contributed by atoms with Crippen molar-refractivity contribution in [3.05, 3.63) is 58.7 Å². The Kier molecular flexibility index (Phi) is 10.0. The Balaban J connectivity index is 1.57. The quantitative estimate of drug-likeness (QED) is 0.173. The monoisotopic (exact) mass is 432 g/mol. The number of Topliss-reactive ketones (excluding diaryl/α,β-unsaturated/α-hetero) is 1. The molecule has 0 spiro atoms. The number of benzene rings is 2. The van der Waals surface area contributed by atoms with Crippen molar-refractivity contribution in [2.75, 3.05) is 0 Å². The van der Waals surface area contributed by atoms with Crippen LogP contribution in [0.3, 0.4) is 0 Å². The predicted octanol–water partition coefficient (Wildman–Crippen LogP) is 9.34. The number of carbonyl (C=O) groups excluding carboxylic acids is 1. The molecule has 1 aliphatic rings. The normalized spacial score (nSPS) is 12.2. The topological polar surface area (TPSA) is 17.1 Å². The van der Waals surface area contributed by atoms with Gasteiger partial charge in [-0.3, -0.25) is 4.79 Å². The highest BCUT2D eigenvalue weighted by Crippen LogP contribution is 2.38. The summed E-state index contributed by atoms with van der Waals surface area (Å²) >= 11 is 0. The predicted molar refractivity (Wildman–Crippen MR) is 139 cm³/mol. The van der Waals surface area contributed by atoms with E-state index in [-0.39, 0.29) is 0 Å². The number of aryl methyl sites for hydroxylation is 1. The van der Waals surface area contributed by atoms with Crippen molar-refractivity contribution in [1.29, 1.82) is 0 Å². The molecule has 0 unspecified atom stereocenters. The van der Waals surface area contributed by atoms with Crippen LogP contribution in [-0.2, 0) is 12.8 Å². The molecule has 0 saturated carbocycles. The largest absolute Gasteiger partial charge is 0.294 e. The van der Waals surface area contributed by atoms with E-state index in [1.807, 2.05) is 6.07 Å². The molecule has 0 radical (unpaired) electrons. The molecule has 1 heteroatoms. The van der Waals surface area contributed by atoms with Crippen molar-refractivity contribution < 1.29 is 4.79 Å². The first-order valence-electron chi connectivity index (χ1n) is 13.4. The lowest BCUT2D eigenvalue weighted by Crippen LogP contribution is -2.02. The molecule has 32 heavy (non-hydrogen) atoms. The third-order valence-corrected chi connectivity index (χ3v) is 7.29. The Morgan fingerprint density at radius 3 is 2.06 bits per heavy atom. The average molecular weight is 433 g/mol. The number of hydrogen-bond donors (Lipinski definition) is 0. The van der Waals surface area contributed by atoms with Gasteiger partial charge >= 0.3 is 0 Å². The molecule has 0 aliphatic heterocycles. The Bertz CT molecular complexity index is 855. The highest BCUT2D eigenvalue weighted by Gasteiger charge is 2.20. The van der Waals surface area contributed by atoms with Crippen LogP contribution in [0.5, 0.6) is 0 Å². The van der Waals surface area contributed by atoms with Gasteiger partial charge in [-0.2, -0.15) is 0 Å². The molecule has 0 fully saturated rings. The molecule has 0 N–H and O–H groups in total. The van der Waals surface area contributed by atoms with Crippen LogP contribution < -0.4 is 0 Å². The van der Waals surface area contributed by atoms with Gasteiger partial charge in [0.05, 0.1) is 0 Å². The summed E-state index contributed by atoms with van der Waals surface area (Å²) in [5.41, 5.74) is 7.86. The van der Waals surface area contributed by atoms with Crippen LogP contribution >= 0.6 is 0 Å². The zero-order valence-corrected chi connectivity index (χ0v) is 20.8. The number of fused-ring (bicyclic) bond motifs is 3. The second kappa shape index (κ2) is 13.0. The van der Waals surface area contributed by atoms with Crippen molar-refractivity contribution in [2.24, 2.45) is 5.92 Å². The van der Waals surface area contributed by atoms with Gasteiger partial charge in [-0.05, 0) is 65.5 Å². The number of ketones is 1. The number of unbranched alkanes of at least 4 members (excludes halogenated alkanes) is 4.